The fraction of sp³-hybridized carbons (Fsp3) is 0.182. The first kappa shape index (κ1) is 9.37. The molecule has 72 valence electrons. The minimum absolute atomic E-state index is 0.0218. The molecule has 1 N–H and O–H groups in total. The van der Waals surface area contributed by atoms with Crippen molar-refractivity contribution in [3.8, 4) is 0 Å². The Kier molecular flexibility index (Phi) is 2.35. The lowest BCUT2D eigenvalue weighted by Gasteiger charge is -2.00. The Balaban J connectivity index is 2.82. The number of aliphatic hydroxyl groups is 1. The molecule has 3 heteroatoms. The lowest BCUT2D eigenvalue weighted by molar-refractivity contribution is 0.112. The molecule has 0 amide bonds. The molecule has 2 rings (SSSR count). The van der Waals surface area contributed by atoms with E-state index >= 15 is 0 Å². The molecule has 0 aliphatic carbocycles. The van der Waals surface area contributed by atoms with Crippen LogP contribution in [0.2, 0.25) is 0 Å². The van der Waals surface area contributed by atoms with Gasteiger partial charge in [0.15, 0.2) is 6.29 Å². The summed E-state index contributed by atoms with van der Waals surface area (Å²) < 4.78 is 1.01. The fourth-order valence-corrected chi connectivity index (χ4v) is 2.54. The van der Waals surface area contributed by atoms with E-state index in [9.17, 15) is 4.79 Å². The van der Waals surface area contributed by atoms with Crippen molar-refractivity contribution in [2.45, 2.75) is 13.5 Å². The zero-order valence-corrected chi connectivity index (χ0v) is 8.60. The molecule has 0 fully saturated rings. The quantitative estimate of drug-likeness (QED) is 0.766. The molecule has 0 aliphatic heterocycles. The van der Waals surface area contributed by atoms with E-state index in [4.69, 9.17) is 5.11 Å². The minimum Gasteiger partial charge on any atom is -0.392 e. The van der Waals surface area contributed by atoms with E-state index in [-0.39, 0.29) is 6.61 Å². The molecule has 0 saturated carbocycles. The van der Waals surface area contributed by atoms with E-state index < -0.39 is 0 Å². The highest BCUT2D eigenvalue weighted by molar-refractivity contribution is 7.17. The fourth-order valence-electron chi connectivity index (χ4n) is 1.53. The number of aldehydes is 1. The van der Waals surface area contributed by atoms with Gasteiger partial charge in [-0.25, -0.2) is 0 Å². The van der Waals surface area contributed by atoms with Gasteiger partial charge in [0.25, 0.3) is 0 Å². The summed E-state index contributed by atoms with van der Waals surface area (Å²) in [7, 11) is 0. The Morgan fingerprint density at radius 3 is 2.93 bits per heavy atom. The second-order valence-electron chi connectivity index (χ2n) is 3.26. The third kappa shape index (κ3) is 1.35. The van der Waals surface area contributed by atoms with Crippen LogP contribution < -0.4 is 0 Å². The summed E-state index contributed by atoms with van der Waals surface area (Å²) in [5.41, 5.74) is 2.62. The molecule has 0 bridgehead atoms. The minimum atomic E-state index is -0.0218. The summed E-state index contributed by atoms with van der Waals surface area (Å²) in [5, 5.41) is 12.1. The van der Waals surface area contributed by atoms with Gasteiger partial charge in [0.05, 0.1) is 6.61 Å². The van der Waals surface area contributed by atoms with Crippen molar-refractivity contribution < 1.29 is 9.90 Å². The summed E-state index contributed by atoms with van der Waals surface area (Å²) in [4.78, 5) is 10.8. The number of benzene rings is 1. The van der Waals surface area contributed by atoms with Crippen LogP contribution in [0, 0.1) is 6.92 Å². The van der Waals surface area contributed by atoms with Crippen LogP contribution in [0.25, 0.3) is 10.1 Å². The van der Waals surface area contributed by atoms with Gasteiger partial charge >= 0.3 is 0 Å². The molecule has 0 unspecified atom stereocenters. The maximum absolute atomic E-state index is 10.8. The van der Waals surface area contributed by atoms with Gasteiger partial charge in [-0.2, -0.15) is 0 Å². The number of hydrogen-bond acceptors (Lipinski definition) is 3. The summed E-state index contributed by atoms with van der Waals surface area (Å²) in [6, 6.07) is 3.68. The monoisotopic (exact) mass is 206 g/mol. The lowest BCUT2D eigenvalue weighted by Crippen LogP contribution is -1.87. The highest BCUT2D eigenvalue weighted by Gasteiger charge is 2.06. The van der Waals surface area contributed by atoms with Gasteiger partial charge in [-0.05, 0) is 40.9 Å². The number of fused-ring (bicyclic) bond motifs is 1. The first-order valence-electron chi connectivity index (χ1n) is 4.33. The summed E-state index contributed by atoms with van der Waals surface area (Å²) in [5.74, 6) is 0. The number of aliphatic hydroxyl groups excluding tert-OH is 1. The van der Waals surface area contributed by atoms with Crippen molar-refractivity contribution in [2.24, 2.45) is 0 Å². The van der Waals surface area contributed by atoms with E-state index in [1.165, 1.54) is 0 Å². The molecule has 0 atom stereocenters. The number of aryl methyl sites for hydroxylation is 1. The Hall–Kier alpha value is -1.19. The van der Waals surface area contributed by atoms with Crippen molar-refractivity contribution in [3.05, 3.63) is 34.2 Å². The molecule has 2 nitrogen and oxygen atoms in total. The van der Waals surface area contributed by atoms with E-state index in [0.29, 0.717) is 5.56 Å². The van der Waals surface area contributed by atoms with Crippen LogP contribution in [0.4, 0.5) is 0 Å². The predicted octanol–water partition coefficient (Wildman–Crippen LogP) is 2.51. The molecule has 2 aromatic rings. The zero-order valence-electron chi connectivity index (χ0n) is 7.78. The van der Waals surface area contributed by atoms with E-state index in [2.05, 4.69) is 0 Å². The summed E-state index contributed by atoms with van der Waals surface area (Å²) in [6.45, 7) is 1.99. The molecule has 1 heterocycles. The Labute approximate surface area is 85.8 Å². The first-order valence-corrected chi connectivity index (χ1v) is 5.21. The molecule has 0 saturated heterocycles. The molecule has 0 spiro atoms. The van der Waals surface area contributed by atoms with Crippen LogP contribution in [0.3, 0.4) is 0 Å². The van der Waals surface area contributed by atoms with Gasteiger partial charge in [-0.3, -0.25) is 4.79 Å². The summed E-state index contributed by atoms with van der Waals surface area (Å²) >= 11 is 1.57. The number of carbonyl (C=O) groups is 1. The molecular weight excluding hydrogens is 196 g/mol. The van der Waals surface area contributed by atoms with E-state index in [1.807, 2.05) is 18.4 Å². The molecule has 1 aromatic heterocycles. The highest BCUT2D eigenvalue weighted by Crippen LogP contribution is 2.29. The van der Waals surface area contributed by atoms with Gasteiger partial charge in [-0.15, -0.1) is 11.3 Å². The SMILES string of the molecule is Cc1csc2c(C=O)cc(CO)cc12. The maximum atomic E-state index is 10.8. The van der Waals surface area contributed by atoms with Crippen LogP contribution in [0.15, 0.2) is 17.5 Å². The summed E-state index contributed by atoms with van der Waals surface area (Å²) in [6.07, 6.45) is 0.845. The lowest BCUT2D eigenvalue weighted by atomic mass is 10.1. The van der Waals surface area contributed by atoms with Gasteiger partial charge in [0.2, 0.25) is 0 Å². The van der Waals surface area contributed by atoms with E-state index in [1.54, 1.807) is 17.4 Å². The van der Waals surface area contributed by atoms with Crippen molar-refractivity contribution in [3.63, 3.8) is 0 Å². The van der Waals surface area contributed by atoms with Crippen molar-refractivity contribution in [1.29, 1.82) is 0 Å². The number of carbonyl (C=O) groups excluding carboxylic acids is 1. The van der Waals surface area contributed by atoms with Crippen LogP contribution in [-0.2, 0) is 6.61 Å². The Morgan fingerprint density at radius 1 is 1.50 bits per heavy atom. The Bertz CT molecular complexity index is 485. The zero-order chi connectivity index (χ0) is 10.1. The molecule has 14 heavy (non-hydrogen) atoms. The normalized spacial score (nSPS) is 10.7. The first-order chi connectivity index (χ1) is 6.76. The third-order valence-electron chi connectivity index (χ3n) is 2.27. The average molecular weight is 206 g/mol. The van der Waals surface area contributed by atoms with Crippen LogP contribution in [0.5, 0.6) is 0 Å². The molecule has 0 aliphatic rings. The largest absolute Gasteiger partial charge is 0.392 e. The van der Waals surface area contributed by atoms with Crippen molar-refractivity contribution in [1.82, 2.24) is 0 Å². The Morgan fingerprint density at radius 2 is 2.29 bits per heavy atom. The molecular formula is C11H10O2S. The third-order valence-corrected chi connectivity index (χ3v) is 3.43. The van der Waals surface area contributed by atoms with Gasteiger partial charge in [0, 0.05) is 10.3 Å². The van der Waals surface area contributed by atoms with Crippen molar-refractivity contribution >= 4 is 27.7 Å². The molecule has 1 aromatic carbocycles. The van der Waals surface area contributed by atoms with E-state index in [0.717, 1.165) is 27.5 Å². The van der Waals surface area contributed by atoms with Gasteiger partial charge in [-0.1, -0.05) is 0 Å². The topological polar surface area (TPSA) is 37.3 Å². The second kappa shape index (κ2) is 3.52. The number of hydrogen-bond donors (Lipinski definition) is 1. The smallest absolute Gasteiger partial charge is 0.151 e. The number of rotatable bonds is 2. The highest BCUT2D eigenvalue weighted by atomic mass is 32.1. The van der Waals surface area contributed by atoms with Crippen LogP contribution >= 0.6 is 11.3 Å². The maximum Gasteiger partial charge on any atom is 0.151 e. The van der Waals surface area contributed by atoms with Crippen molar-refractivity contribution in [2.75, 3.05) is 0 Å². The average Bonchev–Trinajstić information content (AvgIpc) is 2.59. The molecule has 0 radical (unpaired) electrons. The van der Waals surface area contributed by atoms with Crippen LogP contribution in [-0.4, -0.2) is 11.4 Å². The number of thiophene rings is 1. The van der Waals surface area contributed by atoms with Gasteiger partial charge in [0.1, 0.15) is 0 Å². The standard InChI is InChI=1S/C11H10O2S/c1-7-6-14-11-9(5-13)2-8(4-12)3-10(7)11/h2-3,5-6,12H,4H2,1H3. The predicted molar refractivity (Wildman–Crippen MR) is 57.9 cm³/mol. The second-order valence-corrected chi connectivity index (χ2v) is 4.14. The van der Waals surface area contributed by atoms with Gasteiger partial charge < -0.3 is 5.11 Å². The van der Waals surface area contributed by atoms with Crippen LogP contribution in [0.1, 0.15) is 21.5 Å².